The van der Waals surface area contributed by atoms with Crippen molar-refractivity contribution >= 4 is 23.2 Å². The summed E-state index contributed by atoms with van der Waals surface area (Å²) in [6.07, 6.45) is 0.855. The van der Waals surface area contributed by atoms with Gasteiger partial charge in [0.1, 0.15) is 5.02 Å². The minimum Gasteiger partial charge on any atom is -0.348 e. The molecule has 0 radical (unpaired) electrons. The maximum Gasteiger partial charge on any atom is 0.288 e. The summed E-state index contributed by atoms with van der Waals surface area (Å²) in [4.78, 5) is 25.0. The van der Waals surface area contributed by atoms with Gasteiger partial charge in [0.15, 0.2) is 0 Å². The smallest absolute Gasteiger partial charge is 0.288 e. The molecule has 0 aliphatic carbocycles. The average Bonchev–Trinajstić information content (AvgIpc) is 3.02. The van der Waals surface area contributed by atoms with Crippen LogP contribution in [0.25, 0.3) is 0 Å². The van der Waals surface area contributed by atoms with Gasteiger partial charge in [0.25, 0.3) is 11.6 Å². The monoisotopic (exact) mass is 359 g/mol. The van der Waals surface area contributed by atoms with Crippen molar-refractivity contribution in [2.24, 2.45) is 0 Å². The number of rotatable bonds is 5. The molecule has 1 saturated heterocycles. The first-order chi connectivity index (χ1) is 12.0. The summed E-state index contributed by atoms with van der Waals surface area (Å²) in [5.41, 5.74) is 1.23. The second kappa shape index (κ2) is 7.63. The first kappa shape index (κ1) is 17.4. The number of nitro benzene ring substituents is 1. The molecule has 1 unspecified atom stereocenters. The number of carbonyl (C=O) groups is 1. The number of nitrogens with zero attached hydrogens (tertiary/aromatic N) is 2. The van der Waals surface area contributed by atoms with E-state index in [0.29, 0.717) is 0 Å². The van der Waals surface area contributed by atoms with Gasteiger partial charge in [-0.25, -0.2) is 0 Å². The molecular weight excluding hydrogens is 342 g/mol. The van der Waals surface area contributed by atoms with Gasteiger partial charge in [-0.2, -0.15) is 0 Å². The summed E-state index contributed by atoms with van der Waals surface area (Å²) in [6, 6.07) is 14.3. The van der Waals surface area contributed by atoms with Crippen molar-refractivity contribution in [3.8, 4) is 0 Å². The third-order valence-corrected chi connectivity index (χ3v) is 4.58. The summed E-state index contributed by atoms with van der Waals surface area (Å²) >= 11 is 5.78. The second-order valence-corrected chi connectivity index (χ2v) is 6.51. The molecule has 1 aliphatic heterocycles. The number of likely N-dealkylation sites (tertiary alicyclic amines) is 1. The molecule has 6 nitrogen and oxygen atoms in total. The van der Waals surface area contributed by atoms with Crippen molar-refractivity contribution in [3.05, 3.63) is 74.8 Å². The van der Waals surface area contributed by atoms with E-state index < -0.39 is 4.92 Å². The maximum absolute atomic E-state index is 12.4. The SMILES string of the molecule is O=C(NC1CCN(Cc2ccccc2)C1)c1ccc(Cl)c([N+](=O)[O-])c1. The van der Waals surface area contributed by atoms with Crippen LogP contribution in [0.2, 0.25) is 5.02 Å². The first-order valence-corrected chi connectivity index (χ1v) is 8.42. The highest BCUT2D eigenvalue weighted by molar-refractivity contribution is 6.32. The lowest BCUT2D eigenvalue weighted by atomic mass is 10.1. The lowest BCUT2D eigenvalue weighted by Crippen LogP contribution is -2.37. The van der Waals surface area contributed by atoms with E-state index in [1.165, 1.54) is 23.8 Å². The first-order valence-electron chi connectivity index (χ1n) is 8.04. The lowest BCUT2D eigenvalue weighted by molar-refractivity contribution is -0.384. The minimum atomic E-state index is -0.587. The van der Waals surface area contributed by atoms with Crippen LogP contribution in [0.1, 0.15) is 22.3 Å². The molecule has 0 saturated carbocycles. The predicted molar refractivity (Wildman–Crippen MR) is 95.7 cm³/mol. The Balaban J connectivity index is 1.59. The Morgan fingerprint density at radius 2 is 2.04 bits per heavy atom. The summed E-state index contributed by atoms with van der Waals surface area (Å²) in [6.45, 7) is 2.51. The Hall–Kier alpha value is -2.44. The van der Waals surface area contributed by atoms with Crippen LogP contribution >= 0.6 is 11.6 Å². The Kier molecular flexibility index (Phi) is 5.31. The fraction of sp³-hybridized carbons (Fsp3) is 0.278. The maximum atomic E-state index is 12.4. The number of nitrogens with one attached hydrogen (secondary N) is 1. The van der Waals surface area contributed by atoms with Gasteiger partial charge in [0.05, 0.1) is 4.92 Å². The van der Waals surface area contributed by atoms with Crippen molar-refractivity contribution in [1.82, 2.24) is 10.2 Å². The van der Waals surface area contributed by atoms with Crippen LogP contribution in [0.4, 0.5) is 5.69 Å². The number of benzene rings is 2. The molecule has 1 N–H and O–H groups in total. The van der Waals surface area contributed by atoms with E-state index in [1.54, 1.807) is 0 Å². The Morgan fingerprint density at radius 1 is 1.28 bits per heavy atom. The molecule has 3 rings (SSSR count). The molecule has 0 spiro atoms. The standard InChI is InChI=1S/C18H18ClN3O3/c19-16-7-6-14(10-17(16)22(24)25)18(23)20-15-8-9-21(12-15)11-13-4-2-1-3-5-13/h1-7,10,15H,8-9,11-12H2,(H,20,23). The molecule has 2 aromatic rings. The third-order valence-electron chi connectivity index (χ3n) is 4.26. The summed E-state index contributed by atoms with van der Waals surface area (Å²) < 4.78 is 0. The van der Waals surface area contributed by atoms with Crippen LogP contribution in [-0.2, 0) is 6.54 Å². The number of amides is 1. The number of hydrogen-bond acceptors (Lipinski definition) is 4. The van der Waals surface area contributed by atoms with Crippen LogP contribution in [0.15, 0.2) is 48.5 Å². The van der Waals surface area contributed by atoms with E-state index >= 15 is 0 Å². The topological polar surface area (TPSA) is 75.5 Å². The van der Waals surface area contributed by atoms with Crippen LogP contribution in [0.3, 0.4) is 0 Å². The van der Waals surface area contributed by atoms with Crippen LogP contribution in [0, 0.1) is 10.1 Å². The number of hydrogen-bond donors (Lipinski definition) is 1. The Bertz CT molecular complexity index is 782. The molecule has 25 heavy (non-hydrogen) atoms. The van der Waals surface area contributed by atoms with Crippen molar-refractivity contribution in [2.45, 2.75) is 19.0 Å². The van der Waals surface area contributed by atoms with E-state index in [2.05, 4.69) is 22.3 Å². The van der Waals surface area contributed by atoms with Gasteiger partial charge in [-0.1, -0.05) is 41.9 Å². The van der Waals surface area contributed by atoms with Gasteiger partial charge in [0, 0.05) is 37.3 Å². The zero-order valence-electron chi connectivity index (χ0n) is 13.5. The molecule has 7 heteroatoms. The van der Waals surface area contributed by atoms with Gasteiger partial charge in [0.2, 0.25) is 0 Å². The van der Waals surface area contributed by atoms with E-state index in [1.807, 2.05) is 18.2 Å². The fourth-order valence-electron chi connectivity index (χ4n) is 3.00. The Labute approximate surface area is 150 Å². The molecule has 130 valence electrons. The summed E-state index contributed by atoms with van der Waals surface area (Å²) in [5, 5.41) is 13.9. The largest absolute Gasteiger partial charge is 0.348 e. The quantitative estimate of drug-likeness (QED) is 0.656. The van der Waals surface area contributed by atoms with Gasteiger partial charge in [-0.15, -0.1) is 0 Å². The van der Waals surface area contributed by atoms with Gasteiger partial charge < -0.3 is 5.32 Å². The highest BCUT2D eigenvalue weighted by Gasteiger charge is 2.25. The predicted octanol–water partition coefficient (Wildman–Crippen LogP) is 3.25. The second-order valence-electron chi connectivity index (χ2n) is 6.10. The van der Waals surface area contributed by atoms with Crippen molar-refractivity contribution in [2.75, 3.05) is 13.1 Å². The minimum absolute atomic E-state index is 0.0245. The Morgan fingerprint density at radius 3 is 2.76 bits per heavy atom. The van der Waals surface area contributed by atoms with E-state index in [0.717, 1.165) is 26.1 Å². The van der Waals surface area contributed by atoms with E-state index in [4.69, 9.17) is 11.6 Å². The zero-order valence-corrected chi connectivity index (χ0v) is 14.3. The molecular formula is C18H18ClN3O3. The van der Waals surface area contributed by atoms with E-state index in [-0.39, 0.29) is 28.2 Å². The highest BCUT2D eigenvalue weighted by Crippen LogP contribution is 2.25. The van der Waals surface area contributed by atoms with Gasteiger partial charge >= 0.3 is 0 Å². The average molecular weight is 360 g/mol. The molecule has 0 aromatic heterocycles. The van der Waals surface area contributed by atoms with Crippen molar-refractivity contribution in [1.29, 1.82) is 0 Å². The van der Waals surface area contributed by atoms with Crippen LogP contribution in [-0.4, -0.2) is 34.9 Å². The number of halogens is 1. The summed E-state index contributed by atoms with van der Waals surface area (Å²) in [7, 11) is 0. The molecule has 1 heterocycles. The fourth-order valence-corrected chi connectivity index (χ4v) is 3.18. The number of nitro groups is 1. The summed E-state index contributed by atoms with van der Waals surface area (Å²) in [5.74, 6) is -0.314. The van der Waals surface area contributed by atoms with Gasteiger partial charge in [-0.05, 0) is 24.1 Å². The van der Waals surface area contributed by atoms with Crippen LogP contribution < -0.4 is 5.32 Å². The molecule has 2 aromatic carbocycles. The molecule has 1 amide bonds. The molecule has 1 fully saturated rings. The third kappa shape index (κ3) is 4.35. The van der Waals surface area contributed by atoms with Crippen molar-refractivity contribution in [3.63, 3.8) is 0 Å². The normalized spacial score (nSPS) is 17.4. The van der Waals surface area contributed by atoms with Gasteiger partial charge in [-0.3, -0.25) is 19.8 Å². The lowest BCUT2D eigenvalue weighted by Gasteiger charge is -2.17. The van der Waals surface area contributed by atoms with E-state index in [9.17, 15) is 14.9 Å². The number of carbonyl (C=O) groups excluding carboxylic acids is 1. The van der Waals surface area contributed by atoms with Crippen molar-refractivity contribution < 1.29 is 9.72 Å². The zero-order chi connectivity index (χ0) is 17.8. The molecule has 1 atom stereocenters. The molecule has 1 aliphatic rings. The van der Waals surface area contributed by atoms with Crippen LogP contribution in [0.5, 0.6) is 0 Å². The molecule has 0 bridgehead atoms. The highest BCUT2D eigenvalue weighted by atomic mass is 35.5.